The van der Waals surface area contributed by atoms with Crippen molar-refractivity contribution in [2.45, 2.75) is 76.9 Å². The molecular formula is C18H2Cl38O3S. The van der Waals surface area contributed by atoms with Crippen molar-refractivity contribution in [2.75, 3.05) is 0 Å². The van der Waals surface area contributed by atoms with Crippen LogP contribution in [-0.4, -0.2) is 89.9 Å². The molecule has 0 aromatic rings. The standard InChI is InChI=1S/C18Cl38.H2O3S/c19-1(20,3(23,24)5(27,28)7(31,32)9(35,36)11(39,40)13(43,44)15(47,48)17(51,52)53)2(21,22)4(25,26)6(29,30)8(33,34)10(37,38)12(41,42)14(45,46)16(49,50)18(54,55)56;1-4(2)3/h;4H,(H,1,2,3). The lowest BCUT2D eigenvalue weighted by Crippen LogP contribution is -2.76. The number of halogens is 38. The second kappa shape index (κ2) is 22.3. The van der Waals surface area contributed by atoms with Crippen LogP contribution in [0.25, 0.3) is 0 Å². The molecule has 3 nitrogen and oxygen atoms in total. The van der Waals surface area contributed by atoms with Crippen LogP contribution in [0, 0.1) is 0 Å². The van der Waals surface area contributed by atoms with Crippen molar-refractivity contribution in [2.24, 2.45) is 0 Å². The zero-order chi connectivity index (χ0) is 50.6. The van der Waals surface area contributed by atoms with Crippen molar-refractivity contribution in [3.63, 3.8) is 0 Å². The van der Waals surface area contributed by atoms with Gasteiger partial charge in [-0.15, -0.1) is 0 Å². The van der Waals surface area contributed by atoms with Gasteiger partial charge in [0.05, 0.1) is 0 Å². The minimum absolute atomic E-state index is 2.87. The molecule has 1 N–H and O–H groups in total. The van der Waals surface area contributed by atoms with E-state index >= 15 is 0 Å². The quantitative estimate of drug-likeness (QED) is 0.0976. The number of rotatable bonds is 15. The molecule has 0 heterocycles. The SMILES string of the molecule is ClC(Cl)(Cl)C(Cl)(Cl)C(Cl)(Cl)C(Cl)(Cl)C(Cl)(Cl)C(Cl)(Cl)C(Cl)(Cl)C(Cl)(Cl)C(Cl)(Cl)C(Cl)(Cl)C(Cl)(Cl)C(Cl)(Cl)C(Cl)(Cl)C(Cl)(Cl)C(Cl)(Cl)C(Cl)(Cl)C(Cl)(Cl)C(Cl)(Cl)Cl.O=[SH](=O)O. The molecule has 0 radical (unpaired) electrons. The Morgan fingerprint density at radius 2 is 0.233 bits per heavy atom. The summed E-state index contributed by atoms with van der Waals surface area (Å²) in [5.41, 5.74) is 0. The Hall–Kier alpha value is 10.9. The van der Waals surface area contributed by atoms with E-state index in [9.17, 15) is 0 Å². The van der Waals surface area contributed by atoms with Crippen LogP contribution in [0.1, 0.15) is 0 Å². The molecule has 0 spiro atoms. The van der Waals surface area contributed by atoms with Gasteiger partial charge in [-0.05, 0) is 0 Å². The van der Waals surface area contributed by atoms with Crippen molar-refractivity contribution in [1.82, 2.24) is 0 Å². The molecule has 0 amide bonds. The molecule has 60 heavy (non-hydrogen) atoms. The molecule has 0 fully saturated rings. The number of thiol groups is 1. The summed E-state index contributed by atoms with van der Waals surface area (Å²) in [6, 6.07) is 0. The van der Waals surface area contributed by atoms with E-state index in [1.54, 1.807) is 0 Å². The molecule has 42 heteroatoms. The summed E-state index contributed by atoms with van der Waals surface area (Å²) in [5, 5.41) is 0. The molecular weight excluding hydrogens is 1640 g/mol. The van der Waals surface area contributed by atoms with E-state index < -0.39 is 87.9 Å². The minimum atomic E-state index is -3.71. The Kier molecular flexibility index (Phi) is 27.2. The number of hydrogen-bond acceptors (Lipinski definition) is 2. The first-order valence-electron chi connectivity index (χ1n) is 12.0. The van der Waals surface area contributed by atoms with Gasteiger partial charge in [-0.1, -0.05) is 441 Å². The third-order valence-corrected chi connectivity index (χ3v) is 33.4. The van der Waals surface area contributed by atoms with Gasteiger partial charge >= 0.3 is 0 Å². The van der Waals surface area contributed by atoms with Gasteiger partial charge in [-0.25, -0.2) is 8.42 Å². The highest BCUT2D eigenvalue weighted by Gasteiger charge is 2.88. The van der Waals surface area contributed by atoms with Crippen LogP contribution in [0.15, 0.2) is 0 Å². The molecule has 0 saturated heterocycles. The van der Waals surface area contributed by atoms with Crippen LogP contribution in [0.4, 0.5) is 0 Å². The Labute approximate surface area is 532 Å². The van der Waals surface area contributed by atoms with Crippen molar-refractivity contribution in [3.8, 4) is 0 Å². The topological polar surface area (TPSA) is 54.4 Å². The third kappa shape index (κ3) is 11.8. The Balaban J connectivity index is 0. The van der Waals surface area contributed by atoms with E-state index in [0.717, 1.165) is 0 Å². The molecule has 0 aliphatic rings. The molecule has 0 aliphatic heterocycles. The molecule has 0 bridgehead atoms. The summed E-state index contributed by atoms with van der Waals surface area (Å²) in [6.07, 6.45) is 0. The minimum Gasteiger partial charge on any atom is -0.288 e. The van der Waals surface area contributed by atoms with E-state index in [4.69, 9.17) is 454 Å². The summed E-state index contributed by atoms with van der Waals surface area (Å²) in [4.78, 5) is 0. The highest BCUT2D eigenvalue weighted by molar-refractivity contribution is 7.66. The second-order valence-corrected chi connectivity index (χ2v) is 36.7. The Morgan fingerprint density at radius 1 is 0.183 bits per heavy atom. The monoisotopic (exact) mass is 1630 g/mol. The van der Waals surface area contributed by atoms with E-state index in [1.165, 1.54) is 0 Å². The summed E-state index contributed by atoms with van der Waals surface area (Å²) in [5.74, 6) is 0. The summed E-state index contributed by atoms with van der Waals surface area (Å²) >= 11 is 241. The highest BCUT2D eigenvalue weighted by atomic mass is 35.6. The average Bonchev–Trinajstić information content (AvgIpc) is 2.97. The van der Waals surface area contributed by atoms with Gasteiger partial charge < -0.3 is 0 Å². The first kappa shape index (κ1) is 73.0. The summed E-state index contributed by atoms with van der Waals surface area (Å²) in [7, 11) is -3.12. The first-order valence-corrected chi connectivity index (χ1v) is 27.5. The smallest absolute Gasteiger partial charge is 0.254 e. The fourth-order valence-corrected chi connectivity index (χ4v) is 15.8. The fraction of sp³-hybridized carbons (Fsp3) is 1.00. The predicted molar refractivity (Wildman–Crippen MR) is 285 cm³/mol. The van der Waals surface area contributed by atoms with Gasteiger partial charge in [-0.2, -0.15) is 0 Å². The Morgan fingerprint density at radius 3 is 0.283 bits per heavy atom. The van der Waals surface area contributed by atoms with E-state index in [0.29, 0.717) is 0 Å². The maximum Gasteiger partial charge on any atom is 0.254 e. The van der Waals surface area contributed by atoms with Crippen molar-refractivity contribution >= 4 is 452 Å². The Bertz CT molecular complexity index is 1490. The lowest BCUT2D eigenvalue weighted by atomic mass is 9.96. The van der Waals surface area contributed by atoms with Crippen molar-refractivity contribution < 1.29 is 13.0 Å². The molecule has 0 saturated carbocycles. The molecule has 0 aromatic heterocycles. The largest absolute Gasteiger partial charge is 0.288 e. The van der Waals surface area contributed by atoms with Crippen LogP contribution >= 0.6 is 441 Å². The molecule has 0 unspecified atom stereocenters. The van der Waals surface area contributed by atoms with Gasteiger partial charge in [0.15, 0.2) is 60.7 Å². The van der Waals surface area contributed by atoms with Crippen LogP contribution < -0.4 is 0 Å². The predicted octanol–water partition coefficient (Wildman–Crippen LogP) is 21.6. The van der Waals surface area contributed by atoms with Gasteiger partial charge in [0.1, 0.15) is 0 Å². The second-order valence-electron chi connectivity index (χ2n) is 10.4. The van der Waals surface area contributed by atoms with Gasteiger partial charge in [0.2, 0.25) is 16.3 Å². The van der Waals surface area contributed by atoms with Crippen LogP contribution in [0.2, 0.25) is 0 Å². The molecule has 0 aliphatic carbocycles. The molecule has 0 rings (SSSR count). The van der Waals surface area contributed by atoms with Gasteiger partial charge in [0, 0.05) is 0 Å². The van der Waals surface area contributed by atoms with E-state index in [-0.39, 0.29) is 0 Å². The number of hydrogen-bond donors (Lipinski definition) is 2. The molecule has 0 atom stereocenters. The summed E-state index contributed by atoms with van der Waals surface area (Å²) < 4.78 is -37.7. The van der Waals surface area contributed by atoms with Crippen molar-refractivity contribution in [1.29, 1.82) is 0 Å². The van der Waals surface area contributed by atoms with E-state index in [2.05, 4.69) is 0 Å². The maximum atomic E-state index is 8.59. The van der Waals surface area contributed by atoms with E-state index in [1.807, 2.05) is 0 Å². The van der Waals surface area contributed by atoms with Gasteiger partial charge in [0.25, 0.3) is 11.0 Å². The third-order valence-electron chi connectivity index (χ3n) is 6.63. The van der Waals surface area contributed by atoms with Crippen LogP contribution in [0.3, 0.4) is 0 Å². The first-order chi connectivity index (χ1) is 25.0. The number of alkyl halides is 38. The van der Waals surface area contributed by atoms with Gasteiger partial charge in [-0.3, -0.25) is 4.55 Å². The maximum absolute atomic E-state index is 8.59. The molecule has 364 valence electrons. The average molecular weight is 1650 g/mol. The normalized spacial score (nSPS) is 16.9. The lowest BCUT2D eigenvalue weighted by Gasteiger charge is -2.59. The fourth-order valence-electron chi connectivity index (χ4n) is 3.12. The van der Waals surface area contributed by atoms with Crippen molar-refractivity contribution in [3.05, 3.63) is 0 Å². The highest BCUT2D eigenvalue weighted by Crippen LogP contribution is 2.79. The summed E-state index contributed by atoms with van der Waals surface area (Å²) in [6.45, 7) is 0. The zero-order valence-corrected chi connectivity index (χ0v) is 54.7. The molecule has 0 aromatic carbocycles. The van der Waals surface area contributed by atoms with Crippen LogP contribution in [0.5, 0.6) is 0 Å². The lowest BCUT2D eigenvalue weighted by molar-refractivity contribution is 0.392. The van der Waals surface area contributed by atoms with Crippen LogP contribution in [-0.2, 0) is 11.0 Å². The zero-order valence-electron chi connectivity index (χ0n) is 25.1.